The van der Waals surface area contributed by atoms with Gasteiger partial charge in [0.25, 0.3) is 0 Å². The highest BCUT2D eigenvalue weighted by Gasteiger charge is 2.31. The SMILES string of the molecule is CCCNc1cc(C(F)(F)F)cc(NC(C)CC(N)=O)n1. The second-order valence-corrected chi connectivity index (χ2v) is 4.77. The molecule has 0 aromatic carbocycles. The van der Waals surface area contributed by atoms with Crippen molar-refractivity contribution in [2.45, 2.75) is 38.9 Å². The molecule has 0 bridgehead atoms. The van der Waals surface area contributed by atoms with Gasteiger partial charge in [-0.1, -0.05) is 6.92 Å². The molecule has 1 rings (SSSR count). The Bertz CT molecular complexity index is 491. The van der Waals surface area contributed by atoms with Gasteiger partial charge in [0.15, 0.2) is 0 Å². The molecule has 5 nitrogen and oxygen atoms in total. The van der Waals surface area contributed by atoms with Crippen molar-refractivity contribution in [3.8, 4) is 0 Å². The van der Waals surface area contributed by atoms with Crippen molar-refractivity contribution < 1.29 is 18.0 Å². The van der Waals surface area contributed by atoms with E-state index in [-0.39, 0.29) is 18.1 Å². The average Bonchev–Trinajstić information content (AvgIpc) is 2.33. The van der Waals surface area contributed by atoms with Crippen LogP contribution in [-0.4, -0.2) is 23.5 Å². The summed E-state index contributed by atoms with van der Waals surface area (Å²) in [6, 6.07) is 1.46. The van der Waals surface area contributed by atoms with E-state index < -0.39 is 23.7 Å². The Morgan fingerprint density at radius 2 is 2.00 bits per heavy atom. The summed E-state index contributed by atoms with van der Waals surface area (Å²) < 4.78 is 38.6. The molecule has 1 heterocycles. The van der Waals surface area contributed by atoms with Gasteiger partial charge in [0.1, 0.15) is 11.6 Å². The summed E-state index contributed by atoms with van der Waals surface area (Å²) in [4.78, 5) is 14.9. The second kappa shape index (κ2) is 7.14. The van der Waals surface area contributed by atoms with Crippen molar-refractivity contribution in [2.24, 2.45) is 5.73 Å². The van der Waals surface area contributed by atoms with Gasteiger partial charge in [-0.15, -0.1) is 0 Å². The van der Waals surface area contributed by atoms with Crippen LogP contribution in [0.3, 0.4) is 0 Å². The Morgan fingerprint density at radius 3 is 2.52 bits per heavy atom. The van der Waals surface area contributed by atoms with Crippen LogP contribution in [-0.2, 0) is 11.0 Å². The summed E-state index contributed by atoms with van der Waals surface area (Å²) in [5, 5.41) is 5.57. The van der Waals surface area contributed by atoms with E-state index in [9.17, 15) is 18.0 Å². The fourth-order valence-electron chi connectivity index (χ4n) is 1.72. The normalized spacial score (nSPS) is 12.8. The third-order valence-electron chi connectivity index (χ3n) is 2.61. The highest BCUT2D eigenvalue weighted by Crippen LogP contribution is 2.32. The molecule has 0 aliphatic rings. The first-order chi connectivity index (χ1) is 9.72. The van der Waals surface area contributed by atoms with Gasteiger partial charge in [-0.3, -0.25) is 4.79 Å². The fraction of sp³-hybridized carbons (Fsp3) is 0.538. The van der Waals surface area contributed by atoms with E-state index in [4.69, 9.17) is 5.73 Å². The molecular weight excluding hydrogens is 285 g/mol. The quantitative estimate of drug-likeness (QED) is 0.723. The molecule has 0 saturated heterocycles. The molecule has 4 N–H and O–H groups in total. The van der Waals surface area contributed by atoms with Crippen LogP contribution in [0.4, 0.5) is 24.8 Å². The van der Waals surface area contributed by atoms with Crippen molar-refractivity contribution in [1.82, 2.24) is 4.98 Å². The second-order valence-electron chi connectivity index (χ2n) is 4.77. The molecule has 0 aliphatic carbocycles. The Hall–Kier alpha value is -1.99. The minimum atomic E-state index is -4.46. The number of alkyl halides is 3. The first kappa shape index (κ1) is 17.1. The van der Waals surface area contributed by atoms with Crippen molar-refractivity contribution in [3.63, 3.8) is 0 Å². The average molecular weight is 304 g/mol. The Labute approximate surface area is 121 Å². The number of pyridine rings is 1. The summed E-state index contributed by atoms with van der Waals surface area (Å²) >= 11 is 0. The van der Waals surface area contributed by atoms with Crippen LogP contribution in [0.5, 0.6) is 0 Å². The molecule has 118 valence electrons. The third-order valence-corrected chi connectivity index (χ3v) is 2.61. The van der Waals surface area contributed by atoms with Gasteiger partial charge in [0.05, 0.1) is 5.56 Å². The minimum absolute atomic E-state index is 0.00957. The molecule has 0 aliphatic heterocycles. The van der Waals surface area contributed by atoms with Gasteiger partial charge >= 0.3 is 6.18 Å². The minimum Gasteiger partial charge on any atom is -0.370 e. The van der Waals surface area contributed by atoms with E-state index in [0.717, 1.165) is 18.6 Å². The lowest BCUT2D eigenvalue weighted by molar-refractivity contribution is -0.137. The van der Waals surface area contributed by atoms with E-state index in [1.165, 1.54) is 0 Å². The van der Waals surface area contributed by atoms with Gasteiger partial charge in [0.2, 0.25) is 5.91 Å². The van der Waals surface area contributed by atoms with Crippen molar-refractivity contribution in [2.75, 3.05) is 17.2 Å². The summed E-state index contributed by atoms with van der Waals surface area (Å²) in [6.07, 6.45) is -3.69. The molecule has 1 aromatic rings. The molecule has 0 radical (unpaired) electrons. The van der Waals surface area contributed by atoms with E-state index in [1.54, 1.807) is 6.92 Å². The van der Waals surface area contributed by atoms with E-state index in [1.807, 2.05) is 6.92 Å². The number of carbonyl (C=O) groups is 1. The Balaban J connectivity index is 2.98. The number of hydrogen-bond acceptors (Lipinski definition) is 4. The summed E-state index contributed by atoms with van der Waals surface area (Å²) in [5.74, 6) is -0.344. The molecule has 0 spiro atoms. The summed E-state index contributed by atoms with van der Waals surface area (Å²) in [7, 11) is 0. The fourth-order valence-corrected chi connectivity index (χ4v) is 1.72. The number of carbonyl (C=O) groups excluding carboxylic acids is 1. The van der Waals surface area contributed by atoms with E-state index >= 15 is 0 Å². The number of rotatable bonds is 7. The van der Waals surface area contributed by atoms with Crippen LogP contribution in [0.15, 0.2) is 12.1 Å². The molecule has 1 atom stereocenters. The molecule has 0 fully saturated rings. The molecule has 1 aromatic heterocycles. The van der Waals surface area contributed by atoms with Gasteiger partial charge in [-0.25, -0.2) is 4.98 Å². The van der Waals surface area contributed by atoms with Crippen LogP contribution >= 0.6 is 0 Å². The first-order valence-corrected chi connectivity index (χ1v) is 6.60. The van der Waals surface area contributed by atoms with Gasteiger partial charge in [-0.2, -0.15) is 13.2 Å². The van der Waals surface area contributed by atoms with Crippen LogP contribution in [0.2, 0.25) is 0 Å². The van der Waals surface area contributed by atoms with Gasteiger partial charge in [0, 0.05) is 19.0 Å². The Morgan fingerprint density at radius 1 is 1.38 bits per heavy atom. The molecule has 0 saturated carbocycles. The van der Waals surface area contributed by atoms with Crippen molar-refractivity contribution >= 4 is 17.5 Å². The number of halogens is 3. The van der Waals surface area contributed by atoms with Gasteiger partial charge < -0.3 is 16.4 Å². The summed E-state index contributed by atoms with van der Waals surface area (Å²) in [6.45, 7) is 4.06. The number of hydrogen-bond donors (Lipinski definition) is 3. The number of aromatic nitrogens is 1. The largest absolute Gasteiger partial charge is 0.416 e. The number of nitrogens with one attached hydrogen (secondary N) is 2. The number of amides is 1. The zero-order chi connectivity index (χ0) is 16.0. The van der Waals surface area contributed by atoms with Crippen molar-refractivity contribution in [1.29, 1.82) is 0 Å². The number of nitrogens with zero attached hydrogens (tertiary/aromatic N) is 1. The summed E-state index contributed by atoms with van der Waals surface area (Å²) in [5.41, 5.74) is 4.25. The topological polar surface area (TPSA) is 80.0 Å². The maximum atomic E-state index is 12.9. The predicted molar refractivity (Wildman–Crippen MR) is 74.9 cm³/mol. The molecule has 8 heteroatoms. The molecule has 21 heavy (non-hydrogen) atoms. The van der Waals surface area contributed by atoms with Gasteiger partial charge in [-0.05, 0) is 25.5 Å². The number of primary amides is 1. The molecule has 1 unspecified atom stereocenters. The van der Waals surface area contributed by atoms with Crippen LogP contribution in [0, 0.1) is 0 Å². The number of anilines is 2. The molecular formula is C13H19F3N4O. The van der Waals surface area contributed by atoms with E-state index in [0.29, 0.717) is 6.54 Å². The third kappa shape index (κ3) is 5.88. The smallest absolute Gasteiger partial charge is 0.370 e. The molecule has 1 amide bonds. The van der Waals surface area contributed by atoms with Crippen molar-refractivity contribution in [3.05, 3.63) is 17.7 Å². The van der Waals surface area contributed by atoms with Crippen LogP contribution < -0.4 is 16.4 Å². The highest BCUT2D eigenvalue weighted by atomic mass is 19.4. The maximum absolute atomic E-state index is 12.9. The van der Waals surface area contributed by atoms with Crippen LogP contribution in [0.25, 0.3) is 0 Å². The number of nitrogens with two attached hydrogens (primary N) is 1. The first-order valence-electron chi connectivity index (χ1n) is 6.60. The van der Waals surface area contributed by atoms with Crippen LogP contribution in [0.1, 0.15) is 32.3 Å². The Kier molecular flexibility index (Phi) is 5.80. The lowest BCUT2D eigenvalue weighted by Gasteiger charge is -2.16. The zero-order valence-corrected chi connectivity index (χ0v) is 11.9. The predicted octanol–water partition coefficient (Wildman–Crippen LogP) is 2.60. The highest BCUT2D eigenvalue weighted by molar-refractivity contribution is 5.74. The lowest BCUT2D eigenvalue weighted by atomic mass is 10.2. The maximum Gasteiger partial charge on any atom is 0.416 e. The monoisotopic (exact) mass is 304 g/mol. The zero-order valence-electron chi connectivity index (χ0n) is 11.9. The lowest BCUT2D eigenvalue weighted by Crippen LogP contribution is -2.24. The standard InChI is InChI=1S/C13H19F3N4O/c1-3-4-18-11-6-9(13(14,15)16)7-12(20-11)19-8(2)5-10(17)21/h6-8H,3-5H2,1-2H3,(H2,17,21)(H2,18,19,20). The van der Waals surface area contributed by atoms with E-state index in [2.05, 4.69) is 15.6 Å².